The maximum absolute atomic E-state index is 12.2. The molecule has 0 saturated carbocycles. The van der Waals surface area contributed by atoms with E-state index in [9.17, 15) is 17.8 Å². The van der Waals surface area contributed by atoms with Crippen molar-refractivity contribution >= 4 is 44.3 Å². The zero-order valence-electron chi connectivity index (χ0n) is 12.3. The molecule has 1 aliphatic rings. The molecule has 24 heavy (non-hydrogen) atoms. The second-order valence-electron chi connectivity index (χ2n) is 5.51. The van der Waals surface area contributed by atoms with Crippen LogP contribution in [0, 0.1) is 0 Å². The van der Waals surface area contributed by atoms with Crippen molar-refractivity contribution in [2.24, 2.45) is 0 Å². The van der Waals surface area contributed by atoms with Gasteiger partial charge < -0.3 is 10.3 Å². The zero-order valence-corrected chi connectivity index (χ0v) is 13.1. The van der Waals surface area contributed by atoms with Gasteiger partial charge in [-0.15, -0.1) is 0 Å². The molecular weight excluding hydrogens is 328 g/mol. The van der Waals surface area contributed by atoms with Crippen LogP contribution in [-0.2, 0) is 14.9 Å². The Balaban J connectivity index is 1.86. The average molecular weight is 340 g/mol. The molecule has 1 aromatic heterocycles. The summed E-state index contributed by atoms with van der Waals surface area (Å²) in [6.07, 6.45) is 1.66. The summed E-state index contributed by atoms with van der Waals surface area (Å²) in [5, 5.41) is 3.69. The Morgan fingerprint density at radius 1 is 1.04 bits per heavy atom. The van der Waals surface area contributed by atoms with E-state index in [-0.39, 0.29) is 10.8 Å². The first-order valence-corrected chi connectivity index (χ1v) is 8.58. The number of aromatic nitrogens is 1. The Morgan fingerprint density at radius 3 is 2.58 bits per heavy atom. The molecular formula is C17H12N2O4S. The molecule has 3 N–H and O–H groups in total. The standard InChI is InChI=1S/C17H12N2O4S/c20-17-14(8-11-7-10-3-1-2-4-15(10)18-11)13-9-12(24(21,22)23)5-6-16(13)19-17/h1-9,18H,(H,19,20)(H,21,22,23). The molecule has 0 bridgehead atoms. The van der Waals surface area contributed by atoms with Crippen LogP contribution in [-0.4, -0.2) is 23.9 Å². The summed E-state index contributed by atoms with van der Waals surface area (Å²) in [5.74, 6) is -0.323. The van der Waals surface area contributed by atoms with Crippen LogP contribution in [0.3, 0.4) is 0 Å². The highest BCUT2D eigenvalue weighted by Crippen LogP contribution is 2.35. The number of hydrogen-bond acceptors (Lipinski definition) is 3. The van der Waals surface area contributed by atoms with Crippen LogP contribution in [0.4, 0.5) is 5.69 Å². The Bertz CT molecular complexity index is 1090. The second-order valence-corrected chi connectivity index (χ2v) is 6.93. The number of amides is 1. The Morgan fingerprint density at radius 2 is 1.83 bits per heavy atom. The quantitative estimate of drug-likeness (QED) is 0.493. The first-order valence-electron chi connectivity index (χ1n) is 7.14. The molecule has 1 aliphatic heterocycles. The Hall–Kier alpha value is -2.90. The summed E-state index contributed by atoms with van der Waals surface area (Å²) in [4.78, 5) is 15.2. The highest BCUT2D eigenvalue weighted by atomic mass is 32.2. The van der Waals surface area contributed by atoms with Crippen LogP contribution in [0.2, 0.25) is 0 Å². The number of carbonyl (C=O) groups excluding carboxylic acids is 1. The highest BCUT2D eigenvalue weighted by Gasteiger charge is 2.26. The summed E-state index contributed by atoms with van der Waals surface area (Å²) < 4.78 is 31.8. The van der Waals surface area contributed by atoms with E-state index in [2.05, 4.69) is 10.3 Å². The fourth-order valence-electron chi connectivity index (χ4n) is 2.80. The van der Waals surface area contributed by atoms with Gasteiger partial charge in [0.2, 0.25) is 0 Å². The third-order valence-corrected chi connectivity index (χ3v) is 4.77. The fraction of sp³-hybridized carbons (Fsp3) is 0. The van der Waals surface area contributed by atoms with Crippen LogP contribution >= 0.6 is 0 Å². The number of anilines is 1. The van der Waals surface area contributed by atoms with Gasteiger partial charge in [0.25, 0.3) is 16.0 Å². The van der Waals surface area contributed by atoms with Gasteiger partial charge >= 0.3 is 0 Å². The van der Waals surface area contributed by atoms with E-state index >= 15 is 0 Å². The number of rotatable bonds is 2. The lowest BCUT2D eigenvalue weighted by Gasteiger charge is -2.01. The summed E-state index contributed by atoms with van der Waals surface area (Å²) in [6.45, 7) is 0. The summed E-state index contributed by atoms with van der Waals surface area (Å²) >= 11 is 0. The van der Waals surface area contributed by atoms with Crippen molar-refractivity contribution in [2.75, 3.05) is 5.32 Å². The zero-order chi connectivity index (χ0) is 16.9. The van der Waals surface area contributed by atoms with Crippen LogP contribution in [0.25, 0.3) is 22.6 Å². The number of carbonyl (C=O) groups is 1. The minimum atomic E-state index is -4.33. The van der Waals surface area contributed by atoms with Crippen molar-refractivity contribution in [3.05, 3.63) is 59.8 Å². The number of aromatic amines is 1. The number of H-pyrrole nitrogens is 1. The Kier molecular flexibility index (Phi) is 3.09. The molecule has 0 aliphatic carbocycles. The molecule has 1 amide bonds. The van der Waals surface area contributed by atoms with Gasteiger partial charge in [0, 0.05) is 22.5 Å². The predicted octanol–water partition coefficient (Wildman–Crippen LogP) is 2.91. The lowest BCUT2D eigenvalue weighted by atomic mass is 10.1. The van der Waals surface area contributed by atoms with Gasteiger partial charge in [0.15, 0.2) is 0 Å². The third kappa shape index (κ3) is 2.40. The van der Waals surface area contributed by atoms with E-state index in [0.29, 0.717) is 16.8 Å². The minimum absolute atomic E-state index is 0.250. The van der Waals surface area contributed by atoms with E-state index in [1.807, 2.05) is 30.3 Å². The van der Waals surface area contributed by atoms with Crippen LogP contribution in [0.1, 0.15) is 11.3 Å². The van der Waals surface area contributed by atoms with Crippen LogP contribution < -0.4 is 5.32 Å². The maximum Gasteiger partial charge on any atom is 0.294 e. The second kappa shape index (κ2) is 5.05. The fourth-order valence-corrected chi connectivity index (χ4v) is 3.31. The van der Waals surface area contributed by atoms with E-state index < -0.39 is 10.1 Å². The van der Waals surface area contributed by atoms with Crippen molar-refractivity contribution in [1.82, 2.24) is 4.98 Å². The topological polar surface area (TPSA) is 99.3 Å². The lowest BCUT2D eigenvalue weighted by Crippen LogP contribution is -2.03. The number of hydrogen-bond donors (Lipinski definition) is 3. The van der Waals surface area contributed by atoms with Gasteiger partial charge in [-0.1, -0.05) is 18.2 Å². The van der Waals surface area contributed by atoms with E-state index in [0.717, 1.165) is 16.6 Å². The van der Waals surface area contributed by atoms with E-state index in [1.54, 1.807) is 6.08 Å². The molecule has 4 rings (SSSR count). The SMILES string of the molecule is O=C1Nc2ccc(S(=O)(=O)O)cc2C1=Cc1cc2ccccc2[nH]1. The molecule has 0 spiro atoms. The molecule has 3 aromatic rings. The summed E-state index contributed by atoms with van der Waals surface area (Å²) in [5.41, 5.74) is 2.95. The molecule has 2 heterocycles. The van der Waals surface area contributed by atoms with Crippen LogP contribution in [0.5, 0.6) is 0 Å². The first-order chi connectivity index (χ1) is 11.4. The van der Waals surface area contributed by atoms with Crippen molar-refractivity contribution in [3.63, 3.8) is 0 Å². The molecule has 120 valence electrons. The van der Waals surface area contributed by atoms with E-state index in [1.165, 1.54) is 18.2 Å². The van der Waals surface area contributed by atoms with E-state index in [4.69, 9.17) is 0 Å². The molecule has 0 atom stereocenters. The van der Waals surface area contributed by atoms with Gasteiger partial charge in [-0.25, -0.2) is 0 Å². The summed E-state index contributed by atoms with van der Waals surface area (Å²) in [6, 6.07) is 13.6. The number of fused-ring (bicyclic) bond motifs is 2. The largest absolute Gasteiger partial charge is 0.355 e. The van der Waals surface area contributed by atoms with Crippen molar-refractivity contribution in [2.45, 2.75) is 4.90 Å². The molecule has 0 radical (unpaired) electrons. The van der Waals surface area contributed by atoms with Crippen molar-refractivity contribution in [1.29, 1.82) is 0 Å². The normalized spacial score (nSPS) is 15.7. The number of nitrogens with one attached hydrogen (secondary N) is 2. The van der Waals surface area contributed by atoms with Crippen molar-refractivity contribution < 1.29 is 17.8 Å². The first kappa shape index (κ1) is 14.7. The van der Waals surface area contributed by atoms with Gasteiger partial charge in [-0.3, -0.25) is 9.35 Å². The highest BCUT2D eigenvalue weighted by molar-refractivity contribution is 7.85. The lowest BCUT2D eigenvalue weighted by molar-refractivity contribution is -0.110. The monoisotopic (exact) mass is 340 g/mol. The van der Waals surface area contributed by atoms with Gasteiger partial charge in [0.1, 0.15) is 0 Å². The minimum Gasteiger partial charge on any atom is -0.355 e. The molecule has 0 unspecified atom stereocenters. The Labute approximate surface area is 137 Å². The van der Waals surface area contributed by atoms with Gasteiger partial charge in [0.05, 0.1) is 10.5 Å². The van der Waals surface area contributed by atoms with Crippen LogP contribution in [0.15, 0.2) is 53.4 Å². The molecule has 6 nitrogen and oxygen atoms in total. The third-order valence-electron chi connectivity index (χ3n) is 3.92. The van der Waals surface area contributed by atoms with Crippen molar-refractivity contribution in [3.8, 4) is 0 Å². The number of para-hydroxylation sites is 1. The average Bonchev–Trinajstić information content (AvgIpc) is 3.07. The summed E-state index contributed by atoms with van der Waals surface area (Å²) in [7, 11) is -4.33. The van der Waals surface area contributed by atoms with Gasteiger partial charge in [-0.2, -0.15) is 8.42 Å². The predicted molar refractivity (Wildman–Crippen MR) is 91.1 cm³/mol. The molecule has 0 saturated heterocycles. The smallest absolute Gasteiger partial charge is 0.294 e. The molecule has 2 aromatic carbocycles. The molecule has 0 fully saturated rings. The van der Waals surface area contributed by atoms with Gasteiger partial charge in [-0.05, 0) is 41.8 Å². The molecule has 7 heteroatoms. The maximum atomic E-state index is 12.2. The number of benzene rings is 2.